The van der Waals surface area contributed by atoms with Crippen LogP contribution in [0.1, 0.15) is 5.56 Å². The molecule has 2 aromatic carbocycles. The predicted molar refractivity (Wildman–Crippen MR) is 115 cm³/mol. The Balaban J connectivity index is 1.79. The number of allylic oxidation sites excluding steroid dienone is 2. The van der Waals surface area contributed by atoms with Crippen LogP contribution >= 0.6 is 0 Å². The zero-order valence-corrected chi connectivity index (χ0v) is 17.5. The number of hydrogen-bond donors (Lipinski definition) is 0. The maximum atomic E-state index is 14.5. The van der Waals surface area contributed by atoms with Crippen molar-refractivity contribution in [2.75, 3.05) is 7.05 Å². The molecule has 1 atom stereocenters. The molecule has 162 valence electrons. The molecule has 7 nitrogen and oxygen atoms in total. The summed E-state index contributed by atoms with van der Waals surface area (Å²) in [6.45, 7) is 0. The molecule has 0 bridgehead atoms. The van der Waals surface area contributed by atoms with Crippen molar-refractivity contribution in [1.29, 1.82) is 0 Å². The summed E-state index contributed by atoms with van der Waals surface area (Å²) in [5.41, 5.74) is 2.37. The highest BCUT2D eigenvalue weighted by Gasteiger charge is 2.36. The average Bonchev–Trinajstić information content (AvgIpc) is 3.34. The second-order valence-corrected chi connectivity index (χ2v) is 7.72. The lowest BCUT2D eigenvalue weighted by molar-refractivity contribution is -0.121. The molecule has 0 saturated heterocycles. The van der Waals surface area contributed by atoms with Gasteiger partial charge in [-0.3, -0.25) is 18.9 Å². The second kappa shape index (κ2) is 7.01. The van der Waals surface area contributed by atoms with Crippen molar-refractivity contribution in [3.05, 3.63) is 76.5 Å². The first-order valence-electron chi connectivity index (χ1n) is 9.83. The third-order valence-corrected chi connectivity index (χ3v) is 5.79. The molecule has 0 saturated carbocycles. The third-order valence-electron chi connectivity index (χ3n) is 5.79. The number of nitrogens with zero attached hydrogens (tertiary/aromatic N) is 4. The van der Waals surface area contributed by atoms with Crippen molar-refractivity contribution in [1.82, 2.24) is 14.0 Å². The van der Waals surface area contributed by atoms with Crippen molar-refractivity contribution in [3.63, 3.8) is 0 Å². The number of aryl methyl sites for hydroxylation is 2. The van der Waals surface area contributed by atoms with Gasteiger partial charge in [-0.15, -0.1) is 0 Å². The summed E-state index contributed by atoms with van der Waals surface area (Å²) in [7, 11) is 4.84. The van der Waals surface area contributed by atoms with Gasteiger partial charge in [-0.1, -0.05) is 6.08 Å². The predicted octanol–water partition coefficient (Wildman–Crippen LogP) is 3.34. The number of aliphatic imine (C=N–C) groups is 1. The SMILES string of the molecule is CN1C=C(c2ccc3c(c2Oc2ccc(F)cc2F)n(C)c(=O)n3C)C2C=CN=C2C1=O. The summed E-state index contributed by atoms with van der Waals surface area (Å²) < 4.78 is 36.8. The molecule has 0 spiro atoms. The normalized spacial score (nSPS) is 17.6. The zero-order valence-electron chi connectivity index (χ0n) is 17.5. The van der Waals surface area contributed by atoms with E-state index in [0.29, 0.717) is 27.9 Å². The first-order chi connectivity index (χ1) is 15.3. The largest absolute Gasteiger partial charge is 0.451 e. The van der Waals surface area contributed by atoms with Gasteiger partial charge in [-0.2, -0.15) is 0 Å². The van der Waals surface area contributed by atoms with Gasteiger partial charge in [0.2, 0.25) is 0 Å². The van der Waals surface area contributed by atoms with E-state index in [-0.39, 0.29) is 23.1 Å². The number of fused-ring (bicyclic) bond motifs is 2. The Kier molecular flexibility index (Phi) is 4.37. The number of benzene rings is 2. The Morgan fingerprint density at radius 3 is 2.56 bits per heavy atom. The van der Waals surface area contributed by atoms with Crippen molar-refractivity contribution in [3.8, 4) is 11.5 Å². The summed E-state index contributed by atoms with van der Waals surface area (Å²) in [5.74, 6) is -2.19. The van der Waals surface area contributed by atoms with E-state index in [1.54, 1.807) is 51.8 Å². The topological polar surface area (TPSA) is 68.8 Å². The molecule has 3 aromatic rings. The molecular formula is C23H18F2N4O3. The van der Waals surface area contributed by atoms with Gasteiger partial charge >= 0.3 is 5.69 Å². The van der Waals surface area contributed by atoms with Gasteiger partial charge in [-0.05, 0) is 29.8 Å². The van der Waals surface area contributed by atoms with Crippen molar-refractivity contribution >= 4 is 28.2 Å². The monoisotopic (exact) mass is 436 g/mol. The molecule has 0 N–H and O–H groups in total. The second-order valence-electron chi connectivity index (χ2n) is 7.72. The van der Waals surface area contributed by atoms with Crippen LogP contribution in [0, 0.1) is 17.6 Å². The number of carbonyl (C=O) groups is 1. The van der Waals surface area contributed by atoms with Gasteiger partial charge in [0, 0.05) is 45.2 Å². The smallest absolute Gasteiger partial charge is 0.328 e. The van der Waals surface area contributed by atoms with E-state index in [2.05, 4.69) is 4.99 Å². The molecule has 0 fully saturated rings. The van der Waals surface area contributed by atoms with Crippen molar-refractivity contribution in [2.45, 2.75) is 0 Å². The van der Waals surface area contributed by atoms with E-state index in [1.165, 1.54) is 20.1 Å². The minimum atomic E-state index is -0.873. The lowest BCUT2D eigenvalue weighted by atomic mass is 9.86. The Morgan fingerprint density at radius 2 is 1.81 bits per heavy atom. The van der Waals surface area contributed by atoms with Gasteiger partial charge in [0.25, 0.3) is 5.91 Å². The van der Waals surface area contributed by atoms with E-state index >= 15 is 0 Å². The highest BCUT2D eigenvalue weighted by Crippen LogP contribution is 2.42. The van der Waals surface area contributed by atoms with Crippen molar-refractivity contribution < 1.29 is 18.3 Å². The van der Waals surface area contributed by atoms with E-state index in [1.807, 2.05) is 0 Å². The van der Waals surface area contributed by atoms with Crippen LogP contribution in [0.25, 0.3) is 16.6 Å². The number of hydrogen-bond acceptors (Lipinski definition) is 4. The molecule has 2 aliphatic heterocycles. The number of ether oxygens (including phenoxy) is 1. The van der Waals surface area contributed by atoms with Gasteiger partial charge in [-0.25, -0.2) is 13.6 Å². The molecule has 3 heterocycles. The molecule has 32 heavy (non-hydrogen) atoms. The molecule has 5 rings (SSSR count). The molecule has 9 heteroatoms. The van der Waals surface area contributed by atoms with Gasteiger partial charge < -0.3 is 9.64 Å². The molecule has 0 aliphatic carbocycles. The number of amides is 1. The Labute approximate surface area is 181 Å². The number of aromatic nitrogens is 2. The number of rotatable bonds is 3. The first kappa shape index (κ1) is 19.9. The lowest BCUT2D eigenvalue weighted by Gasteiger charge is -2.27. The van der Waals surface area contributed by atoms with Crippen LogP contribution in [-0.4, -0.2) is 32.7 Å². The number of imidazole rings is 1. The van der Waals surface area contributed by atoms with E-state index < -0.39 is 17.6 Å². The third kappa shape index (κ3) is 2.81. The first-order valence-corrected chi connectivity index (χ1v) is 9.83. The van der Waals surface area contributed by atoms with Crippen LogP contribution in [0.15, 0.2) is 58.6 Å². The Hall–Kier alpha value is -4.01. The standard InChI is InChI=1S/C23H18F2N4O3/c1-27-11-15(13-8-9-26-19(13)22(27)30)14-5-6-17-20(29(3)23(31)28(17)2)21(14)32-18-7-4-12(24)10-16(18)25/h4-11,13H,1-3H3. The quantitative estimate of drug-likeness (QED) is 0.633. The van der Waals surface area contributed by atoms with Crippen LogP contribution in [0.5, 0.6) is 11.5 Å². The summed E-state index contributed by atoms with van der Waals surface area (Å²) in [6.07, 6.45) is 5.04. The Bertz CT molecular complexity index is 1460. The molecule has 1 aromatic heterocycles. The highest BCUT2D eigenvalue weighted by atomic mass is 19.1. The fourth-order valence-corrected chi connectivity index (χ4v) is 4.16. The van der Waals surface area contributed by atoms with E-state index in [0.717, 1.165) is 12.1 Å². The van der Waals surface area contributed by atoms with Crippen LogP contribution in [0.2, 0.25) is 0 Å². The van der Waals surface area contributed by atoms with Gasteiger partial charge in [0.05, 0.1) is 11.4 Å². The van der Waals surface area contributed by atoms with Gasteiger partial charge in [0.1, 0.15) is 17.0 Å². The summed E-state index contributed by atoms with van der Waals surface area (Å²) >= 11 is 0. The maximum absolute atomic E-state index is 14.5. The Morgan fingerprint density at radius 1 is 1.03 bits per heavy atom. The average molecular weight is 436 g/mol. The maximum Gasteiger partial charge on any atom is 0.328 e. The molecule has 1 unspecified atom stereocenters. The zero-order chi connectivity index (χ0) is 22.7. The molecule has 0 radical (unpaired) electrons. The fraction of sp³-hybridized carbons (Fsp3) is 0.174. The van der Waals surface area contributed by atoms with Crippen LogP contribution in [-0.2, 0) is 18.9 Å². The summed E-state index contributed by atoms with van der Waals surface area (Å²) in [6, 6.07) is 6.56. The number of carbonyl (C=O) groups excluding carboxylic acids is 1. The van der Waals surface area contributed by atoms with E-state index in [9.17, 15) is 18.4 Å². The van der Waals surface area contributed by atoms with Crippen LogP contribution < -0.4 is 10.4 Å². The minimum Gasteiger partial charge on any atom is -0.451 e. The van der Waals surface area contributed by atoms with Crippen LogP contribution in [0.3, 0.4) is 0 Å². The molecule has 1 amide bonds. The lowest BCUT2D eigenvalue weighted by Crippen LogP contribution is -2.37. The van der Waals surface area contributed by atoms with Crippen molar-refractivity contribution in [2.24, 2.45) is 25.0 Å². The fourth-order valence-electron chi connectivity index (χ4n) is 4.16. The highest BCUT2D eigenvalue weighted by molar-refractivity contribution is 6.44. The minimum absolute atomic E-state index is 0.187. The summed E-state index contributed by atoms with van der Waals surface area (Å²) in [4.78, 5) is 30.7. The molecule has 2 aliphatic rings. The number of halogens is 2. The van der Waals surface area contributed by atoms with Gasteiger partial charge in [0.15, 0.2) is 17.3 Å². The van der Waals surface area contributed by atoms with E-state index in [4.69, 9.17) is 4.74 Å². The van der Waals surface area contributed by atoms with Crippen LogP contribution in [0.4, 0.5) is 8.78 Å². The molecular weight excluding hydrogens is 418 g/mol. The summed E-state index contributed by atoms with van der Waals surface area (Å²) in [5, 5.41) is 0.